The number of ether oxygens (including phenoxy) is 2. The van der Waals surface area contributed by atoms with Crippen LogP contribution in [0.1, 0.15) is 26.5 Å². The van der Waals surface area contributed by atoms with E-state index in [1.54, 1.807) is 10.8 Å². The summed E-state index contributed by atoms with van der Waals surface area (Å²) in [5.41, 5.74) is 0.0531. The molecule has 18 heavy (non-hydrogen) atoms. The highest BCUT2D eigenvalue weighted by Gasteiger charge is 2.16. The number of nitrogens with zero attached hydrogens (tertiary/aromatic N) is 2. The van der Waals surface area contributed by atoms with E-state index in [0.717, 1.165) is 0 Å². The van der Waals surface area contributed by atoms with E-state index in [1.165, 1.54) is 13.4 Å². The Bertz CT molecular complexity index is 432. The van der Waals surface area contributed by atoms with E-state index < -0.39 is 5.60 Å². The zero-order valence-corrected chi connectivity index (χ0v) is 11.1. The molecule has 0 aliphatic heterocycles. The van der Waals surface area contributed by atoms with Crippen molar-refractivity contribution in [2.24, 2.45) is 0 Å². The number of aromatic nitrogens is 2. The molecule has 0 radical (unpaired) electrons. The van der Waals surface area contributed by atoms with Crippen LogP contribution in [0, 0.1) is 0 Å². The number of hydrogen-bond donors (Lipinski definition) is 0. The van der Waals surface area contributed by atoms with Crippen LogP contribution in [0.25, 0.3) is 0 Å². The van der Waals surface area contributed by atoms with Gasteiger partial charge in [0.15, 0.2) is 0 Å². The average Bonchev–Trinajstić information content (AvgIpc) is 2.62. The number of imidazole rings is 1. The second-order valence-electron chi connectivity index (χ2n) is 4.88. The van der Waals surface area contributed by atoms with Crippen molar-refractivity contribution < 1.29 is 19.1 Å². The summed E-state index contributed by atoms with van der Waals surface area (Å²) in [6.45, 7) is 5.50. The van der Waals surface area contributed by atoms with Gasteiger partial charge in [-0.15, -0.1) is 0 Å². The number of rotatable bonds is 4. The first-order valence-corrected chi connectivity index (χ1v) is 5.59. The number of methoxy groups -OCH3 is 1. The average molecular weight is 254 g/mol. The minimum Gasteiger partial charge on any atom is -0.469 e. The summed E-state index contributed by atoms with van der Waals surface area (Å²) in [4.78, 5) is 26.6. The van der Waals surface area contributed by atoms with Crippen molar-refractivity contribution in [3.8, 4) is 0 Å². The quantitative estimate of drug-likeness (QED) is 0.748. The third kappa shape index (κ3) is 4.99. The smallest absolute Gasteiger partial charge is 0.326 e. The monoisotopic (exact) mass is 254 g/mol. The molecule has 0 aliphatic carbocycles. The van der Waals surface area contributed by atoms with Crippen molar-refractivity contribution in [2.75, 3.05) is 7.11 Å². The van der Waals surface area contributed by atoms with Gasteiger partial charge in [0.2, 0.25) is 0 Å². The Morgan fingerprint density at radius 1 is 1.33 bits per heavy atom. The van der Waals surface area contributed by atoms with E-state index in [1.807, 2.05) is 20.8 Å². The largest absolute Gasteiger partial charge is 0.469 e. The molecule has 0 aliphatic rings. The van der Waals surface area contributed by atoms with Crippen LogP contribution < -0.4 is 0 Å². The standard InChI is InChI=1S/C12H18N2O4/c1-12(2,3)18-11(16)7-14-6-9(13-8-14)5-10(15)17-4/h6,8H,5,7H2,1-4H3. The number of carbonyl (C=O) groups excluding carboxylic acids is 2. The molecule has 0 bridgehead atoms. The maximum absolute atomic E-state index is 11.6. The summed E-state index contributed by atoms with van der Waals surface area (Å²) in [6, 6.07) is 0. The van der Waals surface area contributed by atoms with Crippen LogP contribution in [0.4, 0.5) is 0 Å². The van der Waals surface area contributed by atoms with E-state index in [-0.39, 0.29) is 24.9 Å². The number of carbonyl (C=O) groups is 2. The predicted molar refractivity (Wildman–Crippen MR) is 63.8 cm³/mol. The molecule has 0 saturated carbocycles. The minimum absolute atomic E-state index is 0.0748. The van der Waals surface area contributed by atoms with Crippen LogP contribution in [0.5, 0.6) is 0 Å². The fourth-order valence-electron chi connectivity index (χ4n) is 1.33. The molecule has 100 valence electrons. The van der Waals surface area contributed by atoms with Crippen molar-refractivity contribution in [2.45, 2.75) is 39.3 Å². The van der Waals surface area contributed by atoms with Gasteiger partial charge in [-0.05, 0) is 20.8 Å². The summed E-state index contributed by atoms with van der Waals surface area (Å²) in [7, 11) is 1.32. The molecule has 1 heterocycles. The maximum Gasteiger partial charge on any atom is 0.326 e. The van der Waals surface area contributed by atoms with Crippen LogP contribution >= 0.6 is 0 Å². The Kier molecular flexibility index (Phi) is 4.47. The lowest BCUT2D eigenvalue weighted by molar-refractivity contribution is -0.155. The summed E-state index contributed by atoms with van der Waals surface area (Å²) in [5.74, 6) is -0.706. The Morgan fingerprint density at radius 3 is 2.56 bits per heavy atom. The van der Waals surface area contributed by atoms with Crippen molar-refractivity contribution in [3.63, 3.8) is 0 Å². The summed E-state index contributed by atoms with van der Waals surface area (Å²) in [6.07, 6.45) is 3.21. The lowest BCUT2D eigenvalue weighted by atomic mass is 10.2. The van der Waals surface area contributed by atoms with Gasteiger partial charge in [0.25, 0.3) is 0 Å². The van der Waals surface area contributed by atoms with Gasteiger partial charge in [-0.25, -0.2) is 4.98 Å². The molecule has 1 aromatic heterocycles. The van der Waals surface area contributed by atoms with Gasteiger partial charge >= 0.3 is 11.9 Å². The first kappa shape index (κ1) is 14.2. The first-order valence-electron chi connectivity index (χ1n) is 5.59. The van der Waals surface area contributed by atoms with Crippen LogP contribution in [0.3, 0.4) is 0 Å². The van der Waals surface area contributed by atoms with Crippen molar-refractivity contribution >= 4 is 11.9 Å². The molecule has 0 atom stereocenters. The topological polar surface area (TPSA) is 70.4 Å². The fourth-order valence-corrected chi connectivity index (χ4v) is 1.33. The Balaban J connectivity index is 2.54. The van der Waals surface area contributed by atoms with Crippen molar-refractivity contribution in [1.82, 2.24) is 9.55 Å². The summed E-state index contributed by atoms with van der Waals surface area (Å²) in [5, 5.41) is 0. The third-order valence-corrected chi connectivity index (χ3v) is 1.97. The SMILES string of the molecule is COC(=O)Cc1cn(CC(=O)OC(C)(C)C)cn1. The van der Waals surface area contributed by atoms with E-state index >= 15 is 0 Å². The second kappa shape index (κ2) is 5.66. The fraction of sp³-hybridized carbons (Fsp3) is 0.583. The molecule has 0 N–H and O–H groups in total. The molecule has 0 aromatic carbocycles. The highest BCUT2D eigenvalue weighted by atomic mass is 16.6. The highest BCUT2D eigenvalue weighted by molar-refractivity contribution is 5.72. The zero-order chi connectivity index (χ0) is 13.8. The molecule has 0 amide bonds. The lowest BCUT2D eigenvalue weighted by Gasteiger charge is -2.19. The van der Waals surface area contributed by atoms with Gasteiger partial charge in [0.05, 0.1) is 25.6 Å². The molecule has 0 spiro atoms. The molecular formula is C12H18N2O4. The molecular weight excluding hydrogens is 236 g/mol. The Hall–Kier alpha value is -1.85. The van der Waals surface area contributed by atoms with Crippen LogP contribution in [-0.4, -0.2) is 34.2 Å². The number of hydrogen-bond acceptors (Lipinski definition) is 5. The third-order valence-electron chi connectivity index (χ3n) is 1.97. The van der Waals surface area contributed by atoms with E-state index in [9.17, 15) is 9.59 Å². The molecule has 0 unspecified atom stereocenters. The first-order chi connectivity index (χ1) is 8.30. The van der Waals surface area contributed by atoms with Crippen LogP contribution in [0.15, 0.2) is 12.5 Å². The van der Waals surface area contributed by atoms with E-state index in [0.29, 0.717) is 5.69 Å². The maximum atomic E-state index is 11.6. The van der Waals surface area contributed by atoms with E-state index in [4.69, 9.17) is 4.74 Å². The molecule has 1 rings (SSSR count). The molecule has 0 saturated heterocycles. The Labute approximate surface area is 106 Å². The van der Waals surface area contributed by atoms with Crippen molar-refractivity contribution in [3.05, 3.63) is 18.2 Å². The highest BCUT2D eigenvalue weighted by Crippen LogP contribution is 2.08. The molecule has 0 fully saturated rings. The van der Waals surface area contributed by atoms with Gasteiger partial charge in [-0.3, -0.25) is 9.59 Å². The summed E-state index contributed by atoms with van der Waals surface area (Å²) >= 11 is 0. The molecule has 1 aromatic rings. The van der Waals surface area contributed by atoms with Gasteiger partial charge in [0.1, 0.15) is 12.1 Å². The van der Waals surface area contributed by atoms with Crippen molar-refractivity contribution in [1.29, 1.82) is 0 Å². The van der Waals surface area contributed by atoms with Gasteiger partial charge in [0, 0.05) is 6.20 Å². The minimum atomic E-state index is -0.507. The van der Waals surface area contributed by atoms with Gasteiger partial charge in [-0.1, -0.05) is 0 Å². The van der Waals surface area contributed by atoms with E-state index in [2.05, 4.69) is 9.72 Å². The second-order valence-corrected chi connectivity index (χ2v) is 4.88. The lowest BCUT2D eigenvalue weighted by Crippen LogP contribution is -2.26. The number of esters is 2. The molecule has 6 nitrogen and oxygen atoms in total. The summed E-state index contributed by atoms with van der Waals surface area (Å²) < 4.78 is 11.3. The van der Waals surface area contributed by atoms with Crippen LogP contribution in [-0.2, 0) is 32.0 Å². The predicted octanol–water partition coefficient (Wildman–Crippen LogP) is 0.940. The normalized spacial score (nSPS) is 11.1. The van der Waals surface area contributed by atoms with Crippen LogP contribution in [0.2, 0.25) is 0 Å². The van der Waals surface area contributed by atoms with Gasteiger partial charge in [-0.2, -0.15) is 0 Å². The Morgan fingerprint density at radius 2 is 2.00 bits per heavy atom. The molecule has 6 heteroatoms. The van der Waals surface area contributed by atoms with Gasteiger partial charge < -0.3 is 14.0 Å². The zero-order valence-electron chi connectivity index (χ0n) is 11.1.